The summed E-state index contributed by atoms with van der Waals surface area (Å²) in [6, 6.07) is 23.7. The number of esters is 5. The average molecular weight is 1050 g/mol. The minimum Gasteiger partial charge on any atom is -0.545 e. The van der Waals surface area contributed by atoms with Gasteiger partial charge in [-0.25, -0.2) is 4.79 Å². The Bertz CT molecular complexity index is 2850. The molecule has 1 aromatic heterocycles. The van der Waals surface area contributed by atoms with Gasteiger partial charge in [-0.15, -0.1) is 0 Å². The van der Waals surface area contributed by atoms with E-state index in [1.54, 1.807) is 19.2 Å². The number of carboxylic acid groups (broad SMARTS) is 3. The number of halogens is 1. The molecule has 0 atom stereocenters. The fourth-order valence-electron chi connectivity index (χ4n) is 6.33. The zero-order chi connectivity index (χ0) is 54.9. The molecule has 0 amide bonds. The second-order valence-electron chi connectivity index (χ2n) is 14.9. The molecule has 20 nitrogen and oxygen atoms in total. The van der Waals surface area contributed by atoms with E-state index >= 15 is 0 Å². The number of carbonyl (C=O) groups is 11. The fraction of sp³-hybridized carbons (Fsp3) is 0.173. The molecule has 0 spiro atoms. The van der Waals surface area contributed by atoms with E-state index in [4.69, 9.17) is 35.3 Å². The van der Waals surface area contributed by atoms with Crippen molar-refractivity contribution in [1.29, 1.82) is 0 Å². The van der Waals surface area contributed by atoms with E-state index in [2.05, 4.69) is 4.98 Å². The number of Topliss-reactive ketones (excluding diaryl/α,β-unsaturated/α-hetero) is 3. The summed E-state index contributed by atoms with van der Waals surface area (Å²) >= 11 is 5.78. The number of nitrogens with one attached hydrogen (secondary N) is 1. The van der Waals surface area contributed by atoms with E-state index in [0.717, 1.165) is 42.9 Å². The summed E-state index contributed by atoms with van der Waals surface area (Å²) in [4.78, 5) is 126. The van der Waals surface area contributed by atoms with Gasteiger partial charge in [-0.1, -0.05) is 29.8 Å². The maximum atomic E-state index is 12.2. The van der Waals surface area contributed by atoms with Crippen molar-refractivity contribution in [1.82, 2.24) is 4.98 Å². The molecule has 6 aromatic rings. The summed E-state index contributed by atoms with van der Waals surface area (Å²) in [6.45, 7) is 8.99. The molecule has 6 rings (SSSR count). The smallest absolute Gasteiger partial charge is 0.545 e. The molecule has 0 saturated heterocycles. The van der Waals surface area contributed by atoms with Crippen LogP contribution in [0.1, 0.15) is 125 Å². The molecule has 0 bridgehead atoms. The molecule has 380 valence electrons. The van der Waals surface area contributed by atoms with Crippen molar-refractivity contribution in [2.24, 2.45) is 0 Å². The van der Waals surface area contributed by atoms with Gasteiger partial charge in [-0.2, -0.15) is 0 Å². The minimum absolute atomic E-state index is 0. The maximum Gasteiger partial charge on any atom is 3.00 e. The molecule has 1 N–H and O–H groups in total. The van der Waals surface area contributed by atoms with Crippen LogP contribution in [-0.2, 0) is 30.3 Å². The Morgan fingerprint density at radius 2 is 0.892 bits per heavy atom. The number of hydrogen-bond acceptors (Lipinski definition) is 19. The number of aromatic amines is 1. The zero-order valence-corrected chi connectivity index (χ0v) is 42.6. The van der Waals surface area contributed by atoms with Gasteiger partial charge >= 0.3 is 47.2 Å². The Hall–Kier alpha value is -8.77. The number of carboxylic acids is 3. The molecule has 0 saturated carbocycles. The molecule has 0 aliphatic heterocycles. The number of aromatic carboxylic acids is 3. The number of aromatic nitrogens is 1. The number of fused-ring (bicyclic) bond motifs is 1. The Kier molecular flexibility index (Phi) is 23.5. The van der Waals surface area contributed by atoms with Gasteiger partial charge in [0.25, 0.3) is 0 Å². The number of rotatable bonds is 13. The van der Waals surface area contributed by atoms with E-state index in [1.807, 2.05) is 25.1 Å². The quantitative estimate of drug-likeness (QED) is 0.0556. The van der Waals surface area contributed by atoms with Crippen LogP contribution in [0.2, 0.25) is 5.02 Å². The van der Waals surface area contributed by atoms with Crippen LogP contribution < -0.4 is 34.3 Å². The first-order chi connectivity index (χ1) is 34.3. The Morgan fingerprint density at radius 1 is 0.527 bits per heavy atom. The van der Waals surface area contributed by atoms with E-state index < -0.39 is 47.8 Å². The third-order valence-corrected chi connectivity index (χ3v) is 9.77. The van der Waals surface area contributed by atoms with Crippen LogP contribution in [0.5, 0.6) is 23.0 Å². The van der Waals surface area contributed by atoms with Crippen LogP contribution in [0.3, 0.4) is 0 Å². The van der Waals surface area contributed by atoms with Crippen molar-refractivity contribution in [3.63, 3.8) is 0 Å². The standard InChI is InChI=1S/C19H16ClNO4.3C11H10O5.Al/c1-11-15(16-9-14(24-2)7-8-17(16)21-11)10-18(22)25-19(23)12-3-5-13(20)6-4-12;3*1-6(12)8-4-3-5-9(11(14)15)10(8)16-7(2)13;/h3-9,21H,10H2,1-2H3;3*3-5H,1-2H3,(H,14,15);/q;;;;+3/p-3. The Morgan fingerprint density at radius 3 is 1.22 bits per heavy atom. The molecular formula is C52H43AlClNO19. The number of aryl methyl sites for hydroxylation is 1. The molecule has 0 unspecified atom stereocenters. The second kappa shape index (κ2) is 28.3. The van der Waals surface area contributed by atoms with Gasteiger partial charge in [0.05, 0.1) is 53.7 Å². The van der Waals surface area contributed by atoms with Crippen molar-refractivity contribution in [2.75, 3.05) is 7.11 Å². The third-order valence-electron chi connectivity index (χ3n) is 9.51. The monoisotopic (exact) mass is 1050 g/mol. The number of para-hydroxylation sites is 3. The summed E-state index contributed by atoms with van der Waals surface area (Å²) in [7, 11) is 1.58. The molecule has 5 aromatic carbocycles. The van der Waals surface area contributed by atoms with E-state index in [1.165, 1.54) is 87.5 Å². The van der Waals surface area contributed by atoms with Gasteiger partial charge in [-0.05, 0) is 112 Å². The van der Waals surface area contributed by atoms with E-state index in [-0.39, 0.29) is 97.3 Å². The van der Waals surface area contributed by atoms with Crippen molar-refractivity contribution in [2.45, 2.75) is 54.9 Å². The number of carbonyl (C=O) groups excluding carboxylic acids is 11. The van der Waals surface area contributed by atoms with Crippen LogP contribution in [0.4, 0.5) is 0 Å². The number of benzene rings is 5. The summed E-state index contributed by atoms with van der Waals surface area (Å²) in [5.74, 6) is -9.17. The van der Waals surface area contributed by atoms with Gasteiger partial charge in [0.2, 0.25) is 0 Å². The molecule has 1 heterocycles. The van der Waals surface area contributed by atoms with Crippen molar-refractivity contribution < 1.29 is 91.7 Å². The normalized spacial score (nSPS) is 9.85. The number of methoxy groups -OCH3 is 1. The van der Waals surface area contributed by atoms with Crippen molar-refractivity contribution in [3.8, 4) is 23.0 Å². The Labute approximate surface area is 437 Å². The molecule has 0 aliphatic rings. The maximum absolute atomic E-state index is 12.2. The number of ketones is 3. The third kappa shape index (κ3) is 17.5. The predicted molar refractivity (Wildman–Crippen MR) is 257 cm³/mol. The summed E-state index contributed by atoms with van der Waals surface area (Å²) < 4.78 is 24.3. The van der Waals surface area contributed by atoms with Crippen LogP contribution in [0.25, 0.3) is 10.9 Å². The first kappa shape index (κ1) is 61.4. The molecule has 0 aliphatic carbocycles. The summed E-state index contributed by atoms with van der Waals surface area (Å²) in [6.07, 6.45) is -0.0155. The molecule has 74 heavy (non-hydrogen) atoms. The second-order valence-corrected chi connectivity index (χ2v) is 15.4. The van der Waals surface area contributed by atoms with Crippen LogP contribution in [0, 0.1) is 6.92 Å². The van der Waals surface area contributed by atoms with Gasteiger partial charge in [0.15, 0.2) is 34.6 Å². The zero-order valence-electron chi connectivity index (χ0n) is 40.7. The van der Waals surface area contributed by atoms with E-state index in [9.17, 15) is 68.1 Å². The van der Waals surface area contributed by atoms with Gasteiger partial charge in [-0.3, -0.25) is 33.6 Å². The topological polar surface area (TPSA) is 319 Å². The number of ether oxygens (including phenoxy) is 5. The number of hydrogen-bond donors (Lipinski definition) is 1. The predicted octanol–water partition coefficient (Wildman–Crippen LogP) is 4.22. The first-order valence-electron chi connectivity index (χ1n) is 21.0. The van der Waals surface area contributed by atoms with Crippen LogP contribution in [-0.4, -0.2) is 94.6 Å². The number of H-pyrrole nitrogens is 1. The van der Waals surface area contributed by atoms with Gasteiger partial charge < -0.3 is 58.4 Å². The SMILES string of the molecule is CC(=O)Oc1c(C(C)=O)cccc1C(=O)[O-].CC(=O)Oc1c(C(C)=O)cccc1C(=O)[O-].CC(=O)Oc1c(C(C)=O)cccc1C(=O)[O-].COc1ccc2[nH]c(C)c(CC(=O)OC(=O)c3ccc(Cl)cc3)c2c1.[Al+3]. The van der Waals surface area contributed by atoms with Gasteiger partial charge in [0, 0.05) is 59.1 Å². The van der Waals surface area contributed by atoms with Crippen LogP contribution >= 0.6 is 11.6 Å². The average Bonchev–Trinajstić information content (AvgIpc) is 3.61. The minimum atomic E-state index is -1.50. The van der Waals surface area contributed by atoms with Gasteiger partial charge in [0.1, 0.15) is 5.75 Å². The molecule has 0 radical (unpaired) electrons. The molecule has 22 heteroatoms. The van der Waals surface area contributed by atoms with Crippen LogP contribution in [0.15, 0.2) is 97.1 Å². The van der Waals surface area contributed by atoms with E-state index in [0.29, 0.717) is 10.8 Å². The first-order valence-corrected chi connectivity index (χ1v) is 21.4. The van der Waals surface area contributed by atoms with Crippen molar-refractivity contribution in [3.05, 3.63) is 152 Å². The Balaban J connectivity index is 0.000000345. The molecule has 0 fully saturated rings. The molecular weight excluding hydrogens is 1000 g/mol. The fourth-order valence-corrected chi connectivity index (χ4v) is 6.46. The van der Waals surface area contributed by atoms with Crippen molar-refractivity contribution >= 4 is 105 Å². The largest absolute Gasteiger partial charge is 3.00 e. The summed E-state index contributed by atoms with van der Waals surface area (Å²) in [5, 5.41) is 33.7. The summed E-state index contributed by atoms with van der Waals surface area (Å²) in [5.41, 5.74) is 1.96.